The highest BCUT2D eigenvalue weighted by Gasteiger charge is 2.63. The number of ether oxygens (including phenoxy) is 3. The molecule has 0 saturated carbocycles. The first kappa shape index (κ1) is 32.1. The molecule has 11 nitrogen and oxygen atoms in total. The zero-order valence-corrected chi connectivity index (χ0v) is 27.3. The van der Waals surface area contributed by atoms with E-state index >= 15 is 0 Å². The lowest BCUT2D eigenvalue weighted by Gasteiger charge is -2.44. The molecule has 2 aromatic carbocycles. The van der Waals surface area contributed by atoms with Crippen molar-refractivity contribution < 1.29 is 28.2 Å². The van der Waals surface area contributed by atoms with Crippen molar-refractivity contribution in [1.82, 2.24) is 19.5 Å². The molecule has 13 heteroatoms. The van der Waals surface area contributed by atoms with E-state index in [1.54, 1.807) is 0 Å². The van der Waals surface area contributed by atoms with Crippen LogP contribution in [-0.2, 0) is 28.2 Å². The van der Waals surface area contributed by atoms with E-state index in [2.05, 4.69) is 65.9 Å². The first-order chi connectivity index (χ1) is 21.3. The average Bonchev–Trinajstić information content (AvgIpc) is 3.52. The summed E-state index contributed by atoms with van der Waals surface area (Å²) in [5.41, 5.74) is 4.60. The van der Waals surface area contributed by atoms with Gasteiger partial charge in [0, 0.05) is 13.8 Å². The fourth-order valence-electron chi connectivity index (χ4n) is 6.06. The molecule has 3 heterocycles. The second-order valence-electron chi connectivity index (χ2n) is 11.8. The van der Waals surface area contributed by atoms with Crippen LogP contribution in [0.1, 0.15) is 40.8 Å². The van der Waals surface area contributed by atoms with Crippen molar-refractivity contribution in [2.75, 3.05) is 12.3 Å². The number of hydrogen-bond acceptors (Lipinski definition) is 10. The Hall–Kier alpha value is -4.28. The summed E-state index contributed by atoms with van der Waals surface area (Å²) in [6.45, 7) is 8.71. The van der Waals surface area contributed by atoms with Gasteiger partial charge in [-0.15, -0.1) is 6.42 Å². The fraction of sp³-hybridized carbons (Fsp3) is 0.344. The second-order valence-corrected chi connectivity index (χ2v) is 16.4. The minimum atomic E-state index is -3.10. The minimum Gasteiger partial charge on any atom is -0.452 e. The quantitative estimate of drug-likeness (QED) is 0.131. The largest absolute Gasteiger partial charge is 0.452 e. The second kappa shape index (κ2) is 12.2. The zero-order chi connectivity index (χ0) is 32.6. The smallest absolute Gasteiger partial charge is 0.304 e. The highest BCUT2D eigenvalue weighted by molar-refractivity contribution is 6.99. The van der Waals surface area contributed by atoms with Crippen molar-refractivity contribution in [3.8, 4) is 12.3 Å². The van der Waals surface area contributed by atoms with Crippen molar-refractivity contribution in [1.29, 1.82) is 0 Å². The molecule has 2 aromatic heterocycles. The topological polar surface area (TPSA) is 141 Å². The van der Waals surface area contributed by atoms with Crippen molar-refractivity contribution >= 4 is 59.2 Å². The van der Waals surface area contributed by atoms with E-state index < -0.39 is 44.3 Å². The van der Waals surface area contributed by atoms with Crippen LogP contribution in [0.2, 0.25) is 10.3 Å². The highest BCUT2D eigenvalue weighted by atomic mass is 35.5. The number of nitrogens with zero attached hydrogens (tertiary/aromatic N) is 4. The first-order valence-electron chi connectivity index (χ1n) is 14.2. The van der Waals surface area contributed by atoms with Gasteiger partial charge in [0.15, 0.2) is 17.7 Å². The van der Waals surface area contributed by atoms with Gasteiger partial charge in [-0.1, -0.05) is 87.4 Å². The van der Waals surface area contributed by atoms with Gasteiger partial charge in [-0.25, -0.2) is 4.98 Å². The maximum absolute atomic E-state index is 12.6. The number of benzene rings is 2. The van der Waals surface area contributed by atoms with Crippen LogP contribution in [-0.4, -0.2) is 64.2 Å². The van der Waals surface area contributed by atoms with Gasteiger partial charge in [-0.2, -0.15) is 9.97 Å². The number of aromatic nitrogens is 4. The number of carbonyl (C=O) groups is 2. The molecule has 0 spiro atoms. The lowest BCUT2D eigenvalue weighted by atomic mass is 9.92. The molecule has 1 saturated heterocycles. The van der Waals surface area contributed by atoms with Crippen LogP contribution in [0.25, 0.3) is 11.2 Å². The van der Waals surface area contributed by atoms with E-state index in [-0.39, 0.29) is 33.9 Å². The molecule has 0 bridgehead atoms. The molecular formula is C32H34ClN5O6Si. The summed E-state index contributed by atoms with van der Waals surface area (Å²) in [5.74, 6) is 1.27. The maximum Gasteiger partial charge on any atom is 0.304 e. The monoisotopic (exact) mass is 647 g/mol. The molecule has 4 aromatic rings. The summed E-state index contributed by atoms with van der Waals surface area (Å²) in [6, 6.07) is 20.0. The Labute approximate surface area is 267 Å². The number of esters is 2. The standard InChI is InChI=1S/C32H34ClN5O6Si/c1-7-32(44-21(3)40)24(18-41-45(31(4,5)6,22-14-10-8-11-15-22)23-16-12-9-13-17-23)43-29(26(32)42-20(2)39)38-19-35-25-27(34)36-30(33)37-28(25)38/h1,8-17,19,24,26,29H,18H2,2-6H3,(H2,34,36,37)/t24-,26+,29-,32-/m1/s1. The van der Waals surface area contributed by atoms with Crippen LogP contribution in [0.5, 0.6) is 0 Å². The molecule has 234 valence electrons. The predicted molar refractivity (Wildman–Crippen MR) is 171 cm³/mol. The maximum atomic E-state index is 12.6. The van der Waals surface area contributed by atoms with Gasteiger partial charge in [-0.3, -0.25) is 14.2 Å². The van der Waals surface area contributed by atoms with Crippen molar-refractivity contribution in [3.63, 3.8) is 0 Å². The number of terminal acetylenes is 1. The van der Waals surface area contributed by atoms with E-state index in [1.807, 2.05) is 36.4 Å². The number of imidazole rings is 1. The Morgan fingerprint density at radius 3 is 2.18 bits per heavy atom. The lowest BCUT2D eigenvalue weighted by molar-refractivity contribution is -0.175. The van der Waals surface area contributed by atoms with Crippen molar-refractivity contribution in [2.45, 2.75) is 63.7 Å². The lowest BCUT2D eigenvalue weighted by Crippen LogP contribution is -2.67. The summed E-state index contributed by atoms with van der Waals surface area (Å²) >= 11 is 6.13. The van der Waals surface area contributed by atoms with Crippen LogP contribution >= 0.6 is 11.6 Å². The summed E-state index contributed by atoms with van der Waals surface area (Å²) < 4.78 is 26.8. The Bertz CT molecular complexity index is 1720. The van der Waals surface area contributed by atoms with Crippen molar-refractivity contribution in [2.24, 2.45) is 0 Å². The third-order valence-electron chi connectivity index (χ3n) is 7.86. The summed E-state index contributed by atoms with van der Waals surface area (Å²) in [7, 11) is -3.10. The predicted octanol–water partition coefficient (Wildman–Crippen LogP) is 3.40. The minimum absolute atomic E-state index is 0.0422. The van der Waals surface area contributed by atoms with Crippen molar-refractivity contribution in [3.05, 3.63) is 72.3 Å². The highest BCUT2D eigenvalue weighted by Crippen LogP contribution is 2.45. The number of carbonyl (C=O) groups excluding carboxylic acids is 2. The summed E-state index contributed by atoms with van der Waals surface area (Å²) in [4.78, 5) is 37.7. The molecule has 45 heavy (non-hydrogen) atoms. The number of anilines is 1. The van der Waals surface area contributed by atoms with Crippen LogP contribution in [0.15, 0.2) is 67.0 Å². The SMILES string of the molecule is C#C[C@@]1(OC(C)=O)[C@@H](CO[Si](c2ccccc2)(c2ccccc2)C(C)(C)C)O[C@@H](n2cnc3c(N)nc(Cl)nc32)[C@@H]1OC(C)=O. The van der Waals surface area contributed by atoms with Gasteiger partial charge in [0.25, 0.3) is 8.32 Å². The Morgan fingerprint density at radius 2 is 1.67 bits per heavy atom. The average molecular weight is 648 g/mol. The Morgan fingerprint density at radius 1 is 1.07 bits per heavy atom. The van der Waals surface area contributed by atoms with Gasteiger partial charge < -0.3 is 24.4 Å². The molecule has 1 aliphatic rings. The molecule has 0 unspecified atom stereocenters. The van der Waals surface area contributed by atoms with Crippen LogP contribution in [0, 0.1) is 12.3 Å². The van der Waals surface area contributed by atoms with E-state index in [9.17, 15) is 9.59 Å². The number of rotatable bonds is 8. The molecule has 0 aliphatic carbocycles. The molecule has 0 amide bonds. The van der Waals surface area contributed by atoms with Gasteiger partial charge in [0.05, 0.1) is 12.9 Å². The molecule has 4 atom stereocenters. The van der Waals surface area contributed by atoms with Crippen LogP contribution < -0.4 is 16.1 Å². The third-order valence-corrected chi connectivity index (χ3v) is 13.0. The van der Waals surface area contributed by atoms with Gasteiger partial charge >= 0.3 is 11.9 Å². The van der Waals surface area contributed by atoms with E-state index in [0.717, 1.165) is 10.4 Å². The van der Waals surface area contributed by atoms with Crippen LogP contribution in [0.3, 0.4) is 0 Å². The summed E-state index contributed by atoms with van der Waals surface area (Å²) in [5, 5.41) is 1.54. The molecule has 5 rings (SSSR count). The third kappa shape index (κ3) is 5.68. The van der Waals surface area contributed by atoms with E-state index in [1.165, 1.54) is 24.7 Å². The normalized spacial score (nSPS) is 21.8. The molecule has 0 radical (unpaired) electrons. The first-order valence-corrected chi connectivity index (χ1v) is 16.5. The number of halogens is 1. The molecule has 1 aliphatic heterocycles. The summed E-state index contributed by atoms with van der Waals surface area (Å²) in [6.07, 6.45) is 3.97. The van der Waals surface area contributed by atoms with Gasteiger partial charge in [-0.05, 0) is 27.0 Å². The number of hydrogen-bond donors (Lipinski definition) is 1. The Kier molecular flexibility index (Phi) is 8.74. The number of nitrogen functional groups attached to an aromatic ring is 1. The number of nitrogens with two attached hydrogens (primary N) is 1. The van der Waals surface area contributed by atoms with Crippen LogP contribution in [0.4, 0.5) is 5.82 Å². The van der Waals surface area contributed by atoms with E-state index in [4.69, 9.17) is 42.4 Å². The van der Waals surface area contributed by atoms with Gasteiger partial charge in [0.1, 0.15) is 11.6 Å². The number of fused-ring (bicyclic) bond motifs is 1. The van der Waals surface area contributed by atoms with Gasteiger partial charge in [0.2, 0.25) is 17.0 Å². The molecular weight excluding hydrogens is 614 g/mol. The molecule has 2 N–H and O–H groups in total. The molecule has 1 fully saturated rings. The fourth-order valence-corrected chi connectivity index (χ4v) is 10.8. The zero-order valence-electron chi connectivity index (χ0n) is 25.6. The van der Waals surface area contributed by atoms with E-state index in [0.29, 0.717) is 0 Å². The Balaban J connectivity index is 1.66.